The van der Waals surface area contributed by atoms with Crippen LogP contribution in [0.3, 0.4) is 0 Å². The van der Waals surface area contributed by atoms with Gasteiger partial charge in [-0.15, -0.1) is 0 Å². The summed E-state index contributed by atoms with van der Waals surface area (Å²) < 4.78 is 0. The van der Waals surface area contributed by atoms with Crippen LogP contribution < -0.4 is 5.32 Å². The molecule has 4 rings (SSSR count). The Morgan fingerprint density at radius 2 is 1.84 bits per heavy atom. The summed E-state index contributed by atoms with van der Waals surface area (Å²) in [4.78, 5) is 31.3. The Bertz CT molecular complexity index is 877. The molecule has 0 radical (unpaired) electrons. The molecule has 1 saturated heterocycles. The molecule has 25 heavy (non-hydrogen) atoms. The normalized spacial score (nSPS) is 15.3. The number of fused-ring (bicyclic) bond motifs is 1. The number of carbonyl (C=O) groups excluding carboxylic acids is 1. The molecule has 1 fully saturated rings. The van der Waals surface area contributed by atoms with Crippen LogP contribution in [-0.2, 0) is 0 Å². The summed E-state index contributed by atoms with van der Waals surface area (Å²) in [6.45, 7) is 1.38. The number of amides is 1. The number of benzene rings is 1. The molecule has 0 saturated carbocycles. The molecule has 3 heterocycles. The fourth-order valence-electron chi connectivity index (χ4n) is 3.03. The van der Waals surface area contributed by atoms with Gasteiger partial charge in [-0.3, -0.25) is 14.8 Å². The molecule has 0 unspecified atom stereocenters. The molecule has 7 heteroatoms. The average Bonchev–Trinajstić information content (AvgIpc) is 2.69. The number of nitrogens with one attached hydrogen (secondary N) is 1. The summed E-state index contributed by atoms with van der Waals surface area (Å²) >= 11 is 0. The highest BCUT2D eigenvalue weighted by Crippen LogP contribution is 2.18. The summed E-state index contributed by atoms with van der Waals surface area (Å²) in [5.41, 5.74) is 2.16. The molecule has 0 spiro atoms. The number of piperidine rings is 1. The van der Waals surface area contributed by atoms with E-state index in [0.717, 1.165) is 29.7 Å². The molecule has 1 aliphatic heterocycles. The van der Waals surface area contributed by atoms with E-state index < -0.39 is 0 Å². The summed E-state index contributed by atoms with van der Waals surface area (Å²) in [7, 11) is 0. The van der Waals surface area contributed by atoms with E-state index in [1.165, 1.54) is 6.20 Å². The van der Waals surface area contributed by atoms with E-state index in [-0.39, 0.29) is 11.9 Å². The van der Waals surface area contributed by atoms with Crippen molar-refractivity contribution in [3.05, 3.63) is 54.7 Å². The summed E-state index contributed by atoms with van der Waals surface area (Å²) in [5, 5.41) is 3.43. The highest BCUT2D eigenvalue weighted by Gasteiger charge is 2.24. The maximum atomic E-state index is 12.4. The van der Waals surface area contributed by atoms with Crippen molar-refractivity contribution in [2.24, 2.45) is 0 Å². The number of hydrogen-bond acceptors (Lipinski definition) is 6. The van der Waals surface area contributed by atoms with Crippen LogP contribution in [0.4, 0.5) is 5.82 Å². The molecule has 1 aromatic carbocycles. The Balaban J connectivity index is 1.37. The minimum Gasteiger partial charge on any atom is -0.366 e. The van der Waals surface area contributed by atoms with Crippen molar-refractivity contribution in [2.75, 3.05) is 18.4 Å². The largest absolute Gasteiger partial charge is 0.366 e. The third-order valence-electron chi connectivity index (χ3n) is 4.37. The number of rotatable bonds is 3. The molecule has 1 amide bonds. The van der Waals surface area contributed by atoms with Gasteiger partial charge < -0.3 is 10.2 Å². The van der Waals surface area contributed by atoms with Crippen LogP contribution in [0, 0.1) is 0 Å². The lowest BCUT2D eigenvalue weighted by molar-refractivity contribution is 0.0712. The van der Waals surface area contributed by atoms with Gasteiger partial charge in [0.05, 0.1) is 23.4 Å². The van der Waals surface area contributed by atoms with Crippen LogP contribution in [0.15, 0.2) is 49.1 Å². The fraction of sp³-hybridized carbons (Fsp3) is 0.278. The molecule has 0 aliphatic carbocycles. The second-order valence-corrected chi connectivity index (χ2v) is 6.05. The first-order valence-corrected chi connectivity index (χ1v) is 8.33. The Hall–Kier alpha value is -3.09. The van der Waals surface area contributed by atoms with Gasteiger partial charge in [0.25, 0.3) is 5.91 Å². The van der Waals surface area contributed by atoms with Gasteiger partial charge >= 0.3 is 0 Å². The summed E-state index contributed by atoms with van der Waals surface area (Å²) in [5.74, 6) is 0.717. The van der Waals surface area contributed by atoms with E-state index in [2.05, 4.69) is 25.3 Å². The first kappa shape index (κ1) is 15.4. The number of hydrogen-bond donors (Lipinski definition) is 1. The third kappa shape index (κ3) is 3.40. The molecule has 0 bridgehead atoms. The molecule has 126 valence electrons. The number of anilines is 1. The Labute approximate surface area is 145 Å². The van der Waals surface area contributed by atoms with Crippen LogP contribution in [-0.4, -0.2) is 49.9 Å². The topological polar surface area (TPSA) is 83.9 Å². The maximum absolute atomic E-state index is 12.4. The lowest BCUT2D eigenvalue weighted by Gasteiger charge is -2.32. The highest BCUT2D eigenvalue weighted by molar-refractivity contribution is 5.92. The standard InChI is InChI=1S/C18H18N6O/c25-18(16-11-19-7-8-20-16)24-9-5-13(6-10-24)22-17-12-21-14-3-1-2-4-15(14)23-17/h1-4,7-8,11-13H,5-6,9-10H2,(H,22,23). The molecule has 0 atom stereocenters. The third-order valence-corrected chi connectivity index (χ3v) is 4.37. The van der Waals surface area contributed by atoms with Gasteiger partial charge in [-0.2, -0.15) is 0 Å². The minimum atomic E-state index is -0.0583. The van der Waals surface area contributed by atoms with Gasteiger partial charge in [0.1, 0.15) is 11.5 Å². The van der Waals surface area contributed by atoms with Crippen molar-refractivity contribution in [3.63, 3.8) is 0 Å². The predicted octanol–water partition coefficient (Wildman–Crippen LogP) is 2.14. The van der Waals surface area contributed by atoms with Gasteiger partial charge in [-0.05, 0) is 25.0 Å². The predicted molar refractivity (Wildman–Crippen MR) is 94.1 cm³/mol. The van der Waals surface area contributed by atoms with Crippen LogP contribution in [0.5, 0.6) is 0 Å². The first-order valence-electron chi connectivity index (χ1n) is 8.33. The van der Waals surface area contributed by atoms with Crippen molar-refractivity contribution < 1.29 is 4.79 Å². The zero-order valence-corrected chi connectivity index (χ0v) is 13.7. The second-order valence-electron chi connectivity index (χ2n) is 6.05. The molecule has 1 aliphatic rings. The van der Waals surface area contributed by atoms with Crippen LogP contribution >= 0.6 is 0 Å². The number of para-hydroxylation sites is 2. The number of nitrogens with zero attached hydrogens (tertiary/aromatic N) is 5. The lowest BCUT2D eigenvalue weighted by Crippen LogP contribution is -2.42. The quantitative estimate of drug-likeness (QED) is 0.790. The van der Waals surface area contributed by atoms with Gasteiger partial charge in [0.2, 0.25) is 0 Å². The van der Waals surface area contributed by atoms with Gasteiger partial charge in [-0.25, -0.2) is 9.97 Å². The van der Waals surface area contributed by atoms with E-state index in [1.54, 1.807) is 18.6 Å². The molecular weight excluding hydrogens is 316 g/mol. The molecule has 2 aromatic heterocycles. The van der Waals surface area contributed by atoms with Crippen molar-refractivity contribution in [1.82, 2.24) is 24.8 Å². The van der Waals surface area contributed by atoms with Crippen molar-refractivity contribution >= 4 is 22.8 Å². The Morgan fingerprint density at radius 3 is 2.60 bits per heavy atom. The zero-order valence-electron chi connectivity index (χ0n) is 13.7. The first-order chi connectivity index (χ1) is 12.3. The smallest absolute Gasteiger partial charge is 0.274 e. The number of likely N-dealkylation sites (tertiary alicyclic amines) is 1. The second kappa shape index (κ2) is 6.80. The Kier molecular flexibility index (Phi) is 4.20. The van der Waals surface area contributed by atoms with Crippen LogP contribution in [0.2, 0.25) is 0 Å². The fourth-order valence-corrected chi connectivity index (χ4v) is 3.03. The lowest BCUT2D eigenvalue weighted by atomic mass is 10.0. The molecule has 7 nitrogen and oxygen atoms in total. The molecular formula is C18H18N6O. The molecule has 1 N–H and O–H groups in total. The highest BCUT2D eigenvalue weighted by atomic mass is 16.2. The van der Waals surface area contributed by atoms with Crippen molar-refractivity contribution in [3.8, 4) is 0 Å². The minimum absolute atomic E-state index is 0.0583. The van der Waals surface area contributed by atoms with Crippen molar-refractivity contribution in [1.29, 1.82) is 0 Å². The van der Waals surface area contributed by atoms with E-state index >= 15 is 0 Å². The summed E-state index contributed by atoms with van der Waals surface area (Å²) in [6.07, 6.45) is 8.11. The van der Waals surface area contributed by atoms with Gasteiger partial charge in [0, 0.05) is 31.5 Å². The van der Waals surface area contributed by atoms with Gasteiger partial charge in [0.15, 0.2) is 0 Å². The maximum Gasteiger partial charge on any atom is 0.274 e. The van der Waals surface area contributed by atoms with E-state index in [9.17, 15) is 4.79 Å². The number of carbonyl (C=O) groups is 1. The van der Waals surface area contributed by atoms with Crippen LogP contribution in [0.25, 0.3) is 11.0 Å². The van der Waals surface area contributed by atoms with Crippen LogP contribution in [0.1, 0.15) is 23.3 Å². The zero-order chi connectivity index (χ0) is 17.1. The van der Waals surface area contributed by atoms with E-state index in [1.807, 2.05) is 29.2 Å². The average molecular weight is 334 g/mol. The van der Waals surface area contributed by atoms with E-state index in [4.69, 9.17) is 0 Å². The monoisotopic (exact) mass is 334 g/mol. The van der Waals surface area contributed by atoms with Crippen molar-refractivity contribution in [2.45, 2.75) is 18.9 Å². The molecule has 3 aromatic rings. The summed E-state index contributed by atoms with van der Waals surface area (Å²) in [6, 6.07) is 8.09. The number of aromatic nitrogens is 4. The van der Waals surface area contributed by atoms with E-state index in [0.29, 0.717) is 18.8 Å². The van der Waals surface area contributed by atoms with Gasteiger partial charge in [-0.1, -0.05) is 12.1 Å². The SMILES string of the molecule is O=C(c1cnccn1)N1CCC(Nc2cnc3ccccc3n2)CC1. The Morgan fingerprint density at radius 1 is 1.04 bits per heavy atom.